The lowest BCUT2D eigenvalue weighted by molar-refractivity contribution is -0.145. The Kier molecular flexibility index (Phi) is 3.79. The Balaban J connectivity index is 2.17. The minimum absolute atomic E-state index is 0.0486. The molecule has 0 amide bonds. The molecule has 0 radical (unpaired) electrons. The highest BCUT2D eigenvalue weighted by molar-refractivity contribution is 5.74. The van der Waals surface area contributed by atoms with Crippen molar-refractivity contribution in [2.24, 2.45) is 5.92 Å². The number of methoxy groups -OCH3 is 1. The molecule has 1 aromatic rings. The molecule has 0 unspecified atom stereocenters. The zero-order valence-corrected chi connectivity index (χ0v) is 10.4. The molecule has 2 atom stereocenters. The molecule has 0 bridgehead atoms. The molecule has 1 heterocycles. The molecule has 2 rings (SSSR count). The summed E-state index contributed by atoms with van der Waals surface area (Å²) in [6, 6.07) is 8.54. The number of aryl methyl sites for hydroxylation is 1. The van der Waals surface area contributed by atoms with E-state index in [-0.39, 0.29) is 17.8 Å². The second-order valence-electron chi connectivity index (χ2n) is 4.49. The summed E-state index contributed by atoms with van der Waals surface area (Å²) in [6.45, 7) is 3.71. The lowest BCUT2D eigenvalue weighted by Crippen LogP contribution is -2.22. The van der Waals surface area contributed by atoms with Gasteiger partial charge in [0.2, 0.25) is 0 Å². The third-order valence-electron chi connectivity index (χ3n) is 3.53. The number of nitrogens with one attached hydrogen (secondary N) is 1. The molecule has 0 spiro atoms. The maximum absolute atomic E-state index is 11.7. The van der Waals surface area contributed by atoms with Crippen molar-refractivity contribution in [1.29, 1.82) is 0 Å². The minimum Gasteiger partial charge on any atom is -0.469 e. The molecule has 0 saturated carbocycles. The van der Waals surface area contributed by atoms with Gasteiger partial charge in [0.15, 0.2) is 0 Å². The topological polar surface area (TPSA) is 38.3 Å². The highest BCUT2D eigenvalue weighted by Gasteiger charge is 2.34. The number of esters is 1. The van der Waals surface area contributed by atoms with E-state index >= 15 is 0 Å². The maximum atomic E-state index is 11.7. The van der Waals surface area contributed by atoms with Crippen LogP contribution in [0.25, 0.3) is 0 Å². The zero-order valence-electron chi connectivity index (χ0n) is 10.4. The molecule has 1 aliphatic heterocycles. The quantitative estimate of drug-likeness (QED) is 0.808. The van der Waals surface area contributed by atoms with Crippen LogP contribution in [0.1, 0.15) is 24.0 Å². The highest BCUT2D eigenvalue weighted by atomic mass is 16.5. The summed E-state index contributed by atoms with van der Waals surface area (Å²) in [7, 11) is 1.46. The number of carbonyl (C=O) groups excluding carboxylic acids is 1. The van der Waals surface area contributed by atoms with Crippen LogP contribution in [0.4, 0.5) is 0 Å². The highest BCUT2D eigenvalue weighted by Crippen LogP contribution is 2.29. The molecule has 0 aromatic heterocycles. The van der Waals surface area contributed by atoms with Gasteiger partial charge < -0.3 is 10.1 Å². The molecule has 1 aliphatic rings. The summed E-state index contributed by atoms with van der Waals surface area (Å²) in [4.78, 5) is 11.7. The van der Waals surface area contributed by atoms with Gasteiger partial charge in [0.1, 0.15) is 0 Å². The van der Waals surface area contributed by atoms with Gasteiger partial charge in [-0.15, -0.1) is 0 Å². The summed E-state index contributed by atoms with van der Waals surface area (Å²) in [5.74, 6) is 0.0837. The Bertz CT molecular complexity index is 386. The van der Waals surface area contributed by atoms with Gasteiger partial charge in [-0.05, 0) is 17.5 Å². The van der Waals surface area contributed by atoms with E-state index in [1.807, 2.05) is 0 Å². The normalized spacial score (nSPS) is 23.6. The van der Waals surface area contributed by atoms with Gasteiger partial charge in [-0.1, -0.05) is 31.2 Å². The third kappa shape index (κ3) is 2.50. The van der Waals surface area contributed by atoms with Crippen LogP contribution in [0.2, 0.25) is 0 Å². The number of hydrogen-bond acceptors (Lipinski definition) is 3. The molecular formula is C14H19NO2. The van der Waals surface area contributed by atoms with Crippen molar-refractivity contribution in [1.82, 2.24) is 5.32 Å². The zero-order chi connectivity index (χ0) is 12.3. The predicted octanol–water partition coefficient (Wildman–Crippen LogP) is 1.72. The van der Waals surface area contributed by atoms with E-state index < -0.39 is 0 Å². The van der Waals surface area contributed by atoms with Gasteiger partial charge in [0.05, 0.1) is 13.0 Å². The molecule has 3 nitrogen and oxygen atoms in total. The monoisotopic (exact) mass is 233 g/mol. The van der Waals surface area contributed by atoms with Crippen LogP contribution in [0.15, 0.2) is 24.3 Å². The van der Waals surface area contributed by atoms with Crippen molar-refractivity contribution in [3.05, 3.63) is 35.4 Å². The molecule has 17 heavy (non-hydrogen) atoms. The average molecular weight is 233 g/mol. The maximum Gasteiger partial charge on any atom is 0.310 e. The molecule has 92 valence electrons. The van der Waals surface area contributed by atoms with Gasteiger partial charge in [-0.2, -0.15) is 0 Å². The predicted molar refractivity (Wildman–Crippen MR) is 66.9 cm³/mol. The number of hydrogen-bond donors (Lipinski definition) is 1. The number of rotatable bonds is 3. The Labute approximate surface area is 102 Å². The van der Waals surface area contributed by atoms with Crippen molar-refractivity contribution < 1.29 is 9.53 Å². The first-order valence-electron chi connectivity index (χ1n) is 6.13. The minimum atomic E-state index is -0.112. The molecule has 1 saturated heterocycles. The SMILES string of the molecule is CCc1ccc([C@H]2CNC[C@@H]2C(=O)OC)cc1. The molecule has 1 fully saturated rings. The molecule has 1 aromatic carbocycles. The Morgan fingerprint density at radius 1 is 1.35 bits per heavy atom. The van der Waals surface area contributed by atoms with Crippen LogP contribution in [-0.2, 0) is 16.0 Å². The number of ether oxygens (including phenoxy) is 1. The smallest absolute Gasteiger partial charge is 0.310 e. The first-order valence-corrected chi connectivity index (χ1v) is 6.13. The Hall–Kier alpha value is -1.35. The molecular weight excluding hydrogens is 214 g/mol. The average Bonchev–Trinajstić information content (AvgIpc) is 2.87. The fourth-order valence-corrected chi connectivity index (χ4v) is 2.43. The summed E-state index contributed by atoms with van der Waals surface area (Å²) >= 11 is 0. The van der Waals surface area contributed by atoms with Crippen molar-refractivity contribution in [2.75, 3.05) is 20.2 Å². The Morgan fingerprint density at radius 3 is 2.65 bits per heavy atom. The van der Waals surface area contributed by atoms with E-state index in [0.717, 1.165) is 13.0 Å². The van der Waals surface area contributed by atoms with Crippen molar-refractivity contribution in [3.8, 4) is 0 Å². The summed E-state index contributed by atoms with van der Waals surface area (Å²) in [6.07, 6.45) is 1.05. The van der Waals surface area contributed by atoms with Gasteiger partial charge in [0, 0.05) is 19.0 Å². The summed E-state index contributed by atoms with van der Waals surface area (Å²) < 4.78 is 4.85. The van der Waals surface area contributed by atoms with Gasteiger partial charge in [-0.25, -0.2) is 0 Å². The van der Waals surface area contributed by atoms with E-state index in [2.05, 4.69) is 36.5 Å². The fourth-order valence-electron chi connectivity index (χ4n) is 2.43. The van der Waals surface area contributed by atoms with Crippen LogP contribution >= 0.6 is 0 Å². The third-order valence-corrected chi connectivity index (χ3v) is 3.53. The van der Waals surface area contributed by atoms with Crippen LogP contribution in [0.3, 0.4) is 0 Å². The van der Waals surface area contributed by atoms with Gasteiger partial charge in [-0.3, -0.25) is 4.79 Å². The van der Waals surface area contributed by atoms with Gasteiger partial charge in [0.25, 0.3) is 0 Å². The fraction of sp³-hybridized carbons (Fsp3) is 0.500. The van der Waals surface area contributed by atoms with Crippen LogP contribution in [-0.4, -0.2) is 26.2 Å². The van der Waals surface area contributed by atoms with E-state index in [1.165, 1.54) is 18.2 Å². The summed E-state index contributed by atoms with van der Waals surface area (Å²) in [5.41, 5.74) is 2.55. The first-order chi connectivity index (χ1) is 8.26. The summed E-state index contributed by atoms with van der Waals surface area (Å²) in [5, 5.41) is 3.26. The number of benzene rings is 1. The van der Waals surface area contributed by atoms with E-state index in [9.17, 15) is 4.79 Å². The van der Waals surface area contributed by atoms with Crippen LogP contribution in [0.5, 0.6) is 0 Å². The van der Waals surface area contributed by atoms with Crippen molar-refractivity contribution in [3.63, 3.8) is 0 Å². The first kappa shape index (κ1) is 12.1. The van der Waals surface area contributed by atoms with Gasteiger partial charge >= 0.3 is 5.97 Å². The largest absolute Gasteiger partial charge is 0.469 e. The molecule has 0 aliphatic carbocycles. The van der Waals surface area contributed by atoms with Crippen molar-refractivity contribution >= 4 is 5.97 Å². The lowest BCUT2D eigenvalue weighted by Gasteiger charge is -2.16. The van der Waals surface area contributed by atoms with Crippen molar-refractivity contribution in [2.45, 2.75) is 19.3 Å². The second-order valence-corrected chi connectivity index (χ2v) is 4.49. The second kappa shape index (κ2) is 5.32. The molecule has 3 heteroatoms. The van der Waals surface area contributed by atoms with E-state index in [0.29, 0.717) is 6.54 Å². The lowest BCUT2D eigenvalue weighted by atomic mass is 9.88. The van der Waals surface area contributed by atoms with E-state index in [1.54, 1.807) is 0 Å². The Morgan fingerprint density at radius 2 is 2.06 bits per heavy atom. The standard InChI is InChI=1S/C14H19NO2/c1-3-10-4-6-11(7-5-10)12-8-15-9-13(12)14(16)17-2/h4-7,12-13,15H,3,8-9H2,1-2H3/t12-,13+/m1/s1. The van der Waals surface area contributed by atoms with Crippen LogP contribution < -0.4 is 5.32 Å². The van der Waals surface area contributed by atoms with Crippen LogP contribution in [0, 0.1) is 5.92 Å². The number of carbonyl (C=O) groups is 1. The van der Waals surface area contributed by atoms with E-state index in [4.69, 9.17) is 4.74 Å². The molecule has 1 N–H and O–H groups in total.